The maximum Gasteiger partial charge on any atom is 0.173 e. The Morgan fingerprint density at radius 1 is 1.10 bits per heavy atom. The number of thioether (sulfide) groups is 1. The van der Waals surface area contributed by atoms with Crippen molar-refractivity contribution in [3.63, 3.8) is 0 Å². The second-order valence-electron chi connectivity index (χ2n) is 4.52. The molecule has 0 aliphatic rings. The number of ketones is 1. The van der Waals surface area contributed by atoms with Crippen LogP contribution in [0.5, 0.6) is 0 Å². The number of hydrogen-bond acceptors (Lipinski definition) is 3. The van der Waals surface area contributed by atoms with Crippen molar-refractivity contribution in [2.45, 2.75) is 5.16 Å². The van der Waals surface area contributed by atoms with E-state index in [1.807, 2.05) is 66.2 Å². The van der Waals surface area contributed by atoms with Gasteiger partial charge in [0.05, 0.1) is 16.8 Å². The van der Waals surface area contributed by atoms with Crippen LogP contribution < -0.4 is 0 Å². The molecule has 3 nitrogen and oxygen atoms in total. The molecule has 0 unspecified atom stereocenters. The Bertz CT molecular complexity index is 755. The van der Waals surface area contributed by atoms with Crippen LogP contribution in [0.3, 0.4) is 0 Å². The van der Waals surface area contributed by atoms with E-state index in [1.54, 1.807) is 0 Å². The molecule has 1 aromatic heterocycles. The highest BCUT2D eigenvalue weighted by molar-refractivity contribution is 8.93. The molecule has 3 rings (SSSR count). The van der Waals surface area contributed by atoms with Crippen LogP contribution in [0.15, 0.2) is 59.8 Å². The molecule has 0 atom stereocenters. The smallest absolute Gasteiger partial charge is 0.173 e. The highest BCUT2D eigenvalue weighted by Gasteiger charge is 2.11. The van der Waals surface area contributed by atoms with E-state index in [0.29, 0.717) is 5.75 Å². The molecule has 0 radical (unpaired) electrons. The number of hydrogen-bond donors (Lipinski definition) is 0. The van der Waals surface area contributed by atoms with Gasteiger partial charge >= 0.3 is 0 Å². The lowest BCUT2D eigenvalue weighted by atomic mass is 10.2. The first-order valence-electron chi connectivity index (χ1n) is 6.38. The molecule has 21 heavy (non-hydrogen) atoms. The van der Waals surface area contributed by atoms with E-state index < -0.39 is 0 Å². The lowest BCUT2D eigenvalue weighted by molar-refractivity contribution is 0.102. The van der Waals surface area contributed by atoms with Crippen molar-refractivity contribution in [3.8, 4) is 0 Å². The topological polar surface area (TPSA) is 34.9 Å². The van der Waals surface area contributed by atoms with Crippen LogP contribution in [0.25, 0.3) is 11.0 Å². The van der Waals surface area contributed by atoms with Gasteiger partial charge in [-0.3, -0.25) is 4.79 Å². The normalized spacial score (nSPS) is 10.3. The summed E-state index contributed by atoms with van der Waals surface area (Å²) >= 11 is 1.48. The zero-order valence-electron chi connectivity index (χ0n) is 11.5. The van der Waals surface area contributed by atoms with Crippen molar-refractivity contribution in [2.24, 2.45) is 7.05 Å². The number of nitrogens with zero attached hydrogens (tertiary/aromatic N) is 2. The summed E-state index contributed by atoms with van der Waals surface area (Å²) in [5, 5.41) is 0.871. The summed E-state index contributed by atoms with van der Waals surface area (Å²) in [5.41, 5.74) is 2.80. The van der Waals surface area contributed by atoms with Crippen LogP contribution in [0.1, 0.15) is 10.4 Å². The van der Waals surface area contributed by atoms with Gasteiger partial charge in [-0.1, -0.05) is 54.2 Å². The molecule has 0 N–H and O–H groups in total. The van der Waals surface area contributed by atoms with E-state index in [4.69, 9.17) is 0 Å². The number of aromatic nitrogens is 2. The fourth-order valence-electron chi connectivity index (χ4n) is 2.09. The number of benzene rings is 2. The van der Waals surface area contributed by atoms with Gasteiger partial charge in [0.1, 0.15) is 0 Å². The fourth-order valence-corrected chi connectivity index (χ4v) is 2.97. The lowest BCUT2D eigenvalue weighted by Crippen LogP contribution is -2.03. The number of Topliss-reactive ketones (excluding diaryl/α,β-unsaturated/α-hetero) is 1. The molecule has 0 saturated heterocycles. The summed E-state index contributed by atoms with van der Waals surface area (Å²) in [6.07, 6.45) is 0. The third-order valence-corrected chi connectivity index (χ3v) is 4.20. The van der Waals surface area contributed by atoms with Gasteiger partial charge in [-0.2, -0.15) is 0 Å². The molecule has 0 bridgehead atoms. The zero-order chi connectivity index (χ0) is 13.9. The molecule has 5 heteroatoms. The fraction of sp³-hybridized carbons (Fsp3) is 0.125. The van der Waals surface area contributed by atoms with E-state index >= 15 is 0 Å². The Labute approximate surface area is 138 Å². The molecule has 0 aliphatic heterocycles. The third kappa shape index (κ3) is 3.36. The first-order valence-corrected chi connectivity index (χ1v) is 7.37. The first kappa shape index (κ1) is 15.8. The summed E-state index contributed by atoms with van der Waals surface area (Å²) < 4.78 is 2.03. The second kappa shape index (κ2) is 6.91. The van der Waals surface area contributed by atoms with Gasteiger partial charge in [0.2, 0.25) is 0 Å². The summed E-state index contributed by atoms with van der Waals surface area (Å²) in [6.45, 7) is 0. The van der Waals surface area contributed by atoms with Crippen LogP contribution in [0.2, 0.25) is 0 Å². The molecule has 0 aliphatic carbocycles. The van der Waals surface area contributed by atoms with Gasteiger partial charge in [-0.25, -0.2) is 4.98 Å². The van der Waals surface area contributed by atoms with Gasteiger partial charge in [-0.15, -0.1) is 17.0 Å². The Morgan fingerprint density at radius 2 is 1.76 bits per heavy atom. The van der Waals surface area contributed by atoms with E-state index in [9.17, 15) is 4.79 Å². The minimum absolute atomic E-state index is 0. The summed E-state index contributed by atoms with van der Waals surface area (Å²) in [4.78, 5) is 16.6. The lowest BCUT2D eigenvalue weighted by Gasteiger charge is -2.02. The average molecular weight is 363 g/mol. The second-order valence-corrected chi connectivity index (χ2v) is 5.46. The predicted molar refractivity (Wildman–Crippen MR) is 92.5 cm³/mol. The van der Waals surface area contributed by atoms with E-state index in [1.165, 1.54) is 11.8 Å². The summed E-state index contributed by atoms with van der Waals surface area (Å²) in [6, 6.07) is 17.3. The maximum atomic E-state index is 12.1. The monoisotopic (exact) mass is 362 g/mol. The molecule has 0 fully saturated rings. The summed E-state index contributed by atoms with van der Waals surface area (Å²) in [7, 11) is 1.98. The number of rotatable bonds is 4. The Kier molecular flexibility index (Phi) is 5.20. The van der Waals surface area contributed by atoms with Crippen molar-refractivity contribution < 1.29 is 4.79 Å². The Morgan fingerprint density at radius 3 is 2.48 bits per heavy atom. The number of imidazole rings is 1. The first-order chi connectivity index (χ1) is 9.75. The minimum Gasteiger partial charge on any atom is -0.322 e. The van der Waals surface area contributed by atoms with Gasteiger partial charge in [0.15, 0.2) is 10.9 Å². The van der Waals surface area contributed by atoms with Gasteiger partial charge in [-0.05, 0) is 12.1 Å². The number of aryl methyl sites for hydroxylation is 1. The highest BCUT2D eigenvalue weighted by Crippen LogP contribution is 2.23. The summed E-state index contributed by atoms with van der Waals surface area (Å²) in [5.74, 6) is 0.531. The number of fused-ring (bicyclic) bond motifs is 1. The molecular formula is C16H15BrN2OS. The molecular weight excluding hydrogens is 348 g/mol. The molecule has 0 saturated carbocycles. The molecule has 2 aromatic carbocycles. The number of para-hydroxylation sites is 2. The highest BCUT2D eigenvalue weighted by atomic mass is 79.9. The minimum atomic E-state index is 0. The average Bonchev–Trinajstić information content (AvgIpc) is 2.83. The number of carbonyl (C=O) groups is 1. The van der Waals surface area contributed by atoms with Crippen LogP contribution in [-0.4, -0.2) is 21.1 Å². The quantitative estimate of drug-likeness (QED) is 0.517. The van der Waals surface area contributed by atoms with E-state index in [2.05, 4.69) is 4.98 Å². The standard InChI is InChI=1S/C16H14N2OS.BrH/c1-18-14-10-6-5-9-13(14)17-16(18)20-11-15(19)12-7-3-2-4-8-12;/h2-10H,11H2,1H3;1H. The van der Waals surface area contributed by atoms with Crippen molar-refractivity contribution in [1.29, 1.82) is 0 Å². The zero-order valence-corrected chi connectivity index (χ0v) is 14.1. The Balaban J connectivity index is 0.00000161. The maximum absolute atomic E-state index is 12.1. The SMILES string of the molecule is Br.Cn1c(SCC(=O)c2ccccc2)nc2ccccc21. The molecule has 3 aromatic rings. The van der Waals surface area contributed by atoms with Crippen molar-refractivity contribution in [1.82, 2.24) is 9.55 Å². The molecule has 108 valence electrons. The van der Waals surface area contributed by atoms with Crippen molar-refractivity contribution >= 4 is 45.6 Å². The van der Waals surface area contributed by atoms with E-state index in [0.717, 1.165) is 21.8 Å². The van der Waals surface area contributed by atoms with Crippen LogP contribution in [-0.2, 0) is 7.05 Å². The van der Waals surface area contributed by atoms with Gasteiger partial charge < -0.3 is 4.57 Å². The van der Waals surface area contributed by atoms with Crippen LogP contribution in [0.4, 0.5) is 0 Å². The number of carbonyl (C=O) groups excluding carboxylic acids is 1. The Hall–Kier alpha value is -1.59. The van der Waals surface area contributed by atoms with Crippen molar-refractivity contribution in [2.75, 3.05) is 5.75 Å². The predicted octanol–water partition coefficient (Wildman–Crippen LogP) is 4.13. The van der Waals surface area contributed by atoms with Gasteiger partial charge in [0, 0.05) is 12.6 Å². The molecule has 0 amide bonds. The van der Waals surface area contributed by atoms with Gasteiger partial charge in [0.25, 0.3) is 0 Å². The van der Waals surface area contributed by atoms with Crippen LogP contribution >= 0.6 is 28.7 Å². The van der Waals surface area contributed by atoms with Crippen molar-refractivity contribution in [3.05, 3.63) is 60.2 Å². The largest absolute Gasteiger partial charge is 0.322 e. The number of halogens is 1. The third-order valence-electron chi connectivity index (χ3n) is 3.17. The van der Waals surface area contributed by atoms with E-state index in [-0.39, 0.29) is 22.8 Å². The van der Waals surface area contributed by atoms with Crippen LogP contribution in [0, 0.1) is 0 Å². The molecule has 0 spiro atoms. The molecule has 1 heterocycles.